The van der Waals surface area contributed by atoms with Gasteiger partial charge < -0.3 is 15.5 Å². The number of rotatable bonds is 3. The normalized spacial score (nSPS) is 17.8. The van der Waals surface area contributed by atoms with Gasteiger partial charge in [0.2, 0.25) is 0 Å². The minimum atomic E-state index is -0.970. The molecule has 4 nitrogen and oxygen atoms in total. The molecule has 1 aliphatic heterocycles. The molecule has 86 valence electrons. The molecular weight excluding hydrogens is 274 g/mol. The Hall–Kier alpha value is -0.910. The van der Waals surface area contributed by atoms with Gasteiger partial charge in [0.05, 0.1) is 6.10 Å². The lowest BCUT2D eigenvalue weighted by Gasteiger charge is -2.18. The molecule has 1 amide bonds. The Morgan fingerprint density at radius 3 is 2.88 bits per heavy atom. The molecule has 1 aliphatic rings. The van der Waals surface area contributed by atoms with Crippen LogP contribution in [0.3, 0.4) is 0 Å². The van der Waals surface area contributed by atoms with Crippen LogP contribution >= 0.6 is 15.9 Å². The third kappa shape index (κ3) is 1.86. The number of fused-ring (bicyclic) bond motifs is 1. The molecule has 1 aromatic rings. The molecular formula is C11H12BrNO3. The van der Waals surface area contributed by atoms with Gasteiger partial charge in [0.15, 0.2) is 0 Å². The molecule has 0 bridgehead atoms. The minimum Gasteiger partial charge on any atom is -0.389 e. The van der Waals surface area contributed by atoms with Gasteiger partial charge in [-0.05, 0) is 17.2 Å². The standard InChI is InChI=1S/C11H12BrNO3/c12-4-9(14)10(15)6-2-1-3-7-8(6)5-13-11(7)16/h1-3,9-10,14-15H,4-5H2,(H,13,16). The number of alkyl halides is 1. The van der Waals surface area contributed by atoms with Crippen molar-refractivity contribution in [2.45, 2.75) is 18.8 Å². The Balaban J connectivity index is 2.40. The predicted octanol–water partition coefficient (Wildman–Crippen LogP) is 0.719. The molecule has 3 N–H and O–H groups in total. The highest BCUT2D eigenvalue weighted by atomic mass is 79.9. The van der Waals surface area contributed by atoms with Crippen molar-refractivity contribution in [1.29, 1.82) is 0 Å². The first-order valence-corrected chi connectivity index (χ1v) is 6.09. The van der Waals surface area contributed by atoms with E-state index >= 15 is 0 Å². The topological polar surface area (TPSA) is 69.6 Å². The first kappa shape index (κ1) is 11.6. The first-order chi connectivity index (χ1) is 7.65. The first-order valence-electron chi connectivity index (χ1n) is 4.97. The molecule has 0 fully saturated rings. The van der Waals surface area contributed by atoms with E-state index in [0.717, 1.165) is 5.56 Å². The van der Waals surface area contributed by atoms with Gasteiger partial charge in [0.1, 0.15) is 6.10 Å². The SMILES string of the molecule is O=C1NCc2c1cccc2C(O)C(O)CBr. The van der Waals surface area contributed by atoms with Crippen molar-refractivity contribution in [3.05, 3.63) is 34.9 Å². The molecule has 0 aliphatic carbocycles. The van der Waals surface area contributed by atoms with Crippen LogP contribution in [-0.2, 0) is 6.54 Å². The minimum absolute atomic E-state index is 0.127. The van der Waals surface area contributed by atoms with Gasteiger partial charge in [-0.25, -0.2) is 0 Å². The smallest absolute Gasteiger partial charge is 0.251 e. The Labute approximate surface area is 101 Å². The number of amides is 1. The Morgan fingerprint density at radius 2 is 2.19 bits per heavy atom. The van der Waals surface area contributed by atoms with Gasteiger partial charge >= 0.3 is 0 Å². The van der Waals surface area contributed by atoms with Crippen LogP contribution < -0.4 is 5.32 Å². The molecule has 2 rings (SSSR count). The van der Waals surface area contributed by atoms with E-state index in [0.29, 0.717) is 23.0 Å². The monoisotopic (exact) mass is 285 g/mol. The summed E-state index contributed by atoms with van der Waals surface area (Å²) in [5, 5.41) is 22.5. The Kier molecular flexibility index (Phi) is 3.28. The molecule has 1 aromatic carbocycles. The fourth-order valence-electron chi connectivity index (χ4n) is 1.85. The summed E-state index contributed by atoms with van der Waals surface area (Å²) in [5.41, 5.74) is 1.97. The van der Waals surface area contributed by atoms with Crippen LogP contribution in [0.2, 0.25) is 0 Å². The van der Waals surface area contributed by atoms with Crippen LogP contribution in [0.25, 0.3) is 0 Å². The molecule has 2 atom stereocenters. The van der Waals surface area contributed by atoms with E-state index in [4.69, 9.17) is 0 Å². The van der Waals surface area contributed by atoms with E-state index in [1.54, 1.807) is 18.2 Å². The van der Waals surface area contributed by atoms with Gasteiger partial charge in [-0.2, -0.15) is 0 Å². The summed E-state index contributed by atoms with van der Waals surface area (Å²) in [4.78, 5) is 11.4. The number of benzene rings is 1. The summed E-state index contributed by atoms with van der Waals surface area (Å²) < 4.78 is 0. The zero-order valence-corrected chi connectivity index (χ0v) is 10.1. The highest BCUT2D eigenvalue weighted by molar-refractivity contribution is 9.09. The fraction of sp³-hybridized carbons (Fsp3) is 0.364. The largest absolute Gasteiger partial charge is 0.389 e. The van der Waals surface area contributed by atoms with Crippen LogP contribution in [0.1, 0.15) is 27.6 Å². The van der Waals surface area contributed by atoms with E-state index in [1.165, 1.54) is 0 Å². The van der Waals surface area contributed by atoms with Crippen molar-refractivity contribution in [2.24, 2.45) is 0 Å². The predicted molar refractivity (Wildman–Crippen MR) is 62.4 cm³/mol. The lowest BCUT2D eigenvalue weighted by atomic mass is 9.96. The third-order valence-corrected chi connectivity index (χ3v) is 3.39. The maximum atomic E-state index is 11.4. The zero-order valence-electron chi connectivity index (χ0n) is 8.48. The second-order valence-electron chi connectivity index (χ2n) is 3.72. The van der Waals surface area contributed by atoms with Crippen molar-refractivity contribution < 1.29 is 15.0 Å². The maximum Gasteiger partial charge on any atom is 0.251 e. The van der Waals surface area contributed by atoms with Crippen molar-refractivity contribution in [3.8, 4) is 0 Å². The molecule has 0 spiro atoms. The number of aliphatic hydroxyl groups excluding tert-OH is 2. The van der Waals surface area contributed by atoms with Crippen molar-refractivity contribution in [2.75, 3.05) is 5.33 Å². The second kappa shape index (κ2) is 4.53. The fourth-order valence-corrected chi connectivity index (χ4v) is 2.20. The lowest BCUT2D eigenvalue weighted by Crippen LogP contribution is -2.20. The van der Waals surface area contributed by atoms with Crippen LogP contribution in [0.5, 0.6) is 0 Å². The van der Waals surface area contributed by atoms with Crippen molar-refractivity contribution >= 4 is 21.8 Å². The molecule has 2 unspecified atom stereocenters. The number of halogens is 1. The molecule has 5 heteroatoms. The summed E-state index contributed by atoms with van der Waals surface area (Å²) in [6.07, 6.45) is -1.84. The molecule has 16 heavy (non-hydrogen) atoms. The Morgan fingerprint density at radius 1 is 1.44 bits per heavy atom. The Bertz CT molecular complexity index is 422. The molecule has 0 saturated heterocycles. The van der Waals surface area contributed by atoms with Gasteiger partial charge in [-0.3, -0.25) is 4.79 Å². The maximum absolute atomic E-state index is 11.4. The average molecular weight is 286 g/mol. The highest BCUT2D eigenvalue weighted by Crippen LogP contribution is 2.27. The summed E-state index contributed by atoms with van der Waals surface area (Å²) in [7, 11) is 0. The van der Waals surface area contributed by atoms with Crippen LogP contribution in [0.4, 0.5) is 0 Å². The summed E-state index contributed by atoms with van der Waals surface area (Å²) >= 11 is 3.11. The van der Waals surface area contributed by atoms with Crippen LogP contribution in [-0.4, -0.2) is 27.6 Å². The van der Waals surface area contributed by atoms with Crippen LogP contribution in [0, 0.1) is 0 Å². The quantitative estimate of drug-likeness (QED) is 0.717. The van der Waals surface area contributed by atoms with Gasteiger partial charge in [-0.1, -0.05) is 28.1 Å². The summed E-state index contributed by atoms with van der Waals surface area (Å²) in [5.74, 6) is -0.127. The summed E-state index contributed by atoms with van der Waals surface area (Å²) in [6.45, 7) is 0.413. The van der Waals surface area contributed by atoms with Crippen molar-refractivity contribution in [3.63, 3.8) is 0 Å². The van der Waals surface area contributed by atoms with Crippen molar-refractivity contribution in [1.82, 2.24) is 5.32 Å². The highest BCUT2D eigenvalue weighted by Gasteiger charge is 2.26. The van der Waals surface area contributed by atoms with E-state index in [-0.39, 0.29) is 5.91 Å². The average Bonchev–Trinajstić information content (AvgIpc) is 2.69. The van der Waals surface area contributed by atoms with E-state index < -0.39 is 12.2 Å². The number of aliphatic hydroxyl groups is 2. The number of nitrogens with one attached hydrogen (secondary N) is 1. The number of hydrogen-bond acceptors (Lipinski definition) is 3. The van der Waals surface area contributed by atoms with Gasteiger partial charge in [0.25, 0.3) is 5.91 Å². The van der Waals surface area contributed by atoms with Gasteiger partial charge in [0, 0.05) is 17.4 Å². The second-order valence-corrected chi connectivity index (χ2v) is 4.37. The molecule has 0 aromatic heterocycles. The molecule has 0 radical (unpaired) electrons. The number of carbonyl (C=O) groups excluding carboxylic acids is 1. The van der Waals surface area contributed by atoms with E-state index in [1.807, 2.05) is 0 Å². The number of hydrogen-bond donors (Lipinski definition) is 3. The lowest BCUT2D eigenvalue weighted by molar-refractivity contribution is 0.0337. The molecule has 1 heterocycles. The molecule has 0 saturated carbocycles. The zero-order chi connectivity index (χ0) is 11.7. The third-order valence-electron chi connectivity index (χ3n) is 2.72. The van der Waals surface area contributed by atoms with E-state index in [9.17, 15) is 15.0 Å². The van der Waals surface area contributed by atoms with Gasteiger partial charge in [-0.15, -0.1) is 0 Å². The van der Waals surface area contributed by atoms with E-state index in [2.05, 4.69) is 21.2 Å². The number of carbonyl (C=O) groups is 1. The summed E-state index contributed by atoms with van der Waals surface area (Å²) in [6, 6.07) is 5.16. The van der Waals surface area contributed by atoms with Crippen LogP contribution in [0.15, 0.2) is 18.2 Å².